The molecule has 2 aliphatic heterocycles. The number of aromatic nitrogens is 4. The first-order chi connectivity index (χ1) is 13.4. The molecule has 3 heterocycles. The number of nitrogens with one attached hydrogen (secondary N) is 1. The Kier molecular flexibility index (Phi) is 8.86. The summed E-state index contributed by atoms with van der Waals surface area (Å²) in [6.07, 6.45) is 0.107. The molecule has 3 rings (SSSR count). The van der Waals surface area contributed by atoms with Crippen LogP contribution in [-0.2, 0) is 21.4 Å². The number of nitriles is 1. The van der Waals surface area contributed by atoms with Crippen molar-refractivity contribution >= 4 is 53.1 Å². The van der Waals surface area contributed by atoms with Crippen LogP contribution in [0.2, 0.25) is 0 Å². The van der Waals surface area contributed by atoms with Gasteiger partial charge < -0.3 is 15.2 Å². The average Bonchev–Trinajstić information content (AvgIpc) is 3.08. The molecule has 0 aliphatic carbocycles. The Labute approximate surface area is 200 Å². The summed E-state index contributed by atoms with van der Waals surface area (Å²) in [7, 11) is 1.67. The number of hydrogen-bond acceptors (Lipinski definition) is 11. The number of aryl methyl sites for hydroxylation is 1. The van der Waals surface area contributed by atoms with Gasteiger partial charge in [0.05, 0.1) is 11.7 Å². The Morgan fingerprint density at radius 2 is 2.24 bits per heavy atom. The first-order valence-corrected chi connectivity index (χ1v) is 11.0. The van der Waals surface area contributed by atoms with Crippen LogP contribution in [0.5, 0.6) is 0 Å². The number of β-lactam (4-membered cyclic amide) rings is 1. The van der Waals surface area contributed by atoms with Crippen molar-refractivity contribution in [2.45, 2.75) is 23.0 Å². The van der Waals surface area contributed by atoms with E-state index >= 15 is 0 Å². The number of aliphatic carboxylic acids is 1. The molecule has 1 saturated heterocycles. The van der Waals surface area contributed by atoms with Gasteiger partial charge in [0.2, 0.25) is 11.1 Å². The van der Waals surface area contributed by atoms with Gasteiger partial charge in [0.1, 0.15) is 16.8 Å². The van der Waals surface area contributed by atoms with Crippen molar-refractivity contribution in [1.29, 1.82) is 5.26 Å². The van der Waals surface area contributed by atoms with E-state index in [0.29, 0.717) is 28.0 Å². The summed E-state index contributed by atoms with van der Waals surface area (Å²) in [5.74, 6) is -1.26. The fourth-order valence-corrected chi connectivity index (χ4v) is 5.43. The normalized spacial score (nSPS) is 20.3. The molecular formula is C14H14N7NaO4S3. The fraction of sp³-hybridized carbons (Fsp3) is 0.500. The zero-order chi connectivity index (χ0) is 20.3. The van der Waals surface area contributed by atoms with Crippen LogP contribution in [0, 0.1) is 10.7 Å². The van der Waals surface area contributed by atoms with E-state index in [1.54, 1.807) is 7.05 Å². The second kappa shape index (κ2) is 10.7. The number of tetrazole rings is 1. The number of carboxylic acid groups (broad SMARTS) is 1. The fourth-order valence-electron chi connectivity index (χ4n) is 2.71. The van der Waals surface area contributed by atoms with E-state index in [2.05, 4.69) is 20.8 Å². The van der Waals surface area contributed by atoms with Crippen LogP contribution in [0.15, 0.2) is 16.4 Å². The number of carbonyl (C=O) groups is 3. The summed E-state index contributed by atoms with van der Waals surface area (Å²) in [5, 5.41) is 35.7. The minimum absolute atomic E-state index is 0. The molecule has 11 nitrogen and oxygen atoms in total. The topological polar surface area (TPSA) is 157 Å². The number of carboxylic acids is 1. The van der Waals surface area contributed by atoms with Gasteiger partial charge in [-0.05, 0) is 27.8 Å². The molecule has 2 amide bonds. The predicted octanol–water partition coefficient (Wildman–Crippen LogP) is -4.69. The van der Waals surface area contributed by atoms with Gasteiger partial charge in [0, 0.05) is 30.7 Å². The third kappa shape index (κ3) is 5.28. The summed E-state index contributed by atoms with van der Waals surface area (Å²) in [5.41, 5.74) is 0.389. The van der Waals surface area contributed by atoms with E-state index < -0.39 is 23.3 Å². The summed E-state index contributed by atoms with van der Waals surface area (Å²) >= 11 is 3.59. The summed E-state index contributed by atoms with van der Waals surface area (Å²) in [4.78, 5) is 37.2. The van der Waals surface area contributed by atoms with Crippen LogP contribution in [-0.4, -0.2) is 71.6 Å². The van der Waals surface area contributed by atoms with E-state index in [0.717, 1.165) is 11.8 Å². The molecule has 1 fully saturated rings. The van der Waals surface area contributed by atoms with E-state index in [-0.39, 0.29) is 47.6 Å². The van der Waals surface area contributed by atoms with Crippen molar-refractivity contribution in [2.75, 3.05) is 17.3 Å². The number of nitrogens with zero attached hydrogens (tertiary/aromatic N) is 6. The first kappa shape index (κ1) is 24.0. The molecule has 0 unspecified atom stereocenters. The maximum Gasteiger partial charge on any atom is 1.00 e. The smallest absolute Gasteiger partial charge is 0.543 e. The predicted molar refractivity (Wildman–Crippen MR) is 99.3 cm³/mol. The van der Waals surface area contributed by atoms with Crippen molar-refractivity contribution in [2.24, 2.45) is 7.05 Å². The summed E-state index contributed by atoms with van der Waals surface area (Å²) < 4.78 is 1.47. The SMILES string of the molecule is Cn1nnnc1SCC1=C(C(=O)[O-])N2C(=O)[C@@H](NC(=O)CCSC#N)[C@H]2SC1.[Na+]. The van der Waals surface area contributed by atoms with Crippen LogP contribution >= 0.6 is 35.3 Å². The van der Waals surface area contributed by atoms with E-state index in [1.807, 2.05) is 5.40 Å². The average molecular weight is 464 g/mol. The molecule has 1 aromatic heterocycles. The third-order valence-corrected chi connectivity index (χ3v) is 6.98. The van der Waals surface area contributed by atoms with Crippen molar-refractivity contribution in [1.82, 2.24) is 30.4 Å². The molecule has 0 aromatic carbocycles. The van der Waals surface area contributed by atoms with Gasteiger partial charge in [-0.15, -0.1) is 16.9 Å². The van der Waals surface area contributed by atoms with Gasteiger partial charge in [0.15, 0.2) is 0 Å². The molecule has 0 saturated carbocycles. The molecule has 0 bridgehead atoms. The minimum Gasteiger partial charge on any atom is -0.543 e. The Balaban J connectivity index is 0.00000300. The Bertz CT molecular complexity index is 887. The van der Waals surface area contributed by atoms with Crippen LogP contribution in [0.1, 0.15) is 6.42 Å². The van der Waals surface area contributed by atoms with Gasteiger partial charge in [-0.25, -0.2) is 4.68 Å². The second-order valence-electron chi connectivity index (χ2n) is 5.76. The molecule has 2 atom stereocenters. The molecule has 2 aliphatic rings. The zero-order valence-electron chi connectivity index (χ0n) is 15.5. The maximum absolute atomic E-state index is 12.5. The Morgan fingerprint density at radius 1 is 1.48 bits per heavy atom. The molecule has 148 valence electrons. The molecule has 0 spiro atoms. The van der Waals surface area contributed by atoms with Gasteiger partial charge >= 0.3 is 29.6 Å². The van der Waals surface area contributed by atoms with Crippen LogP contribution in [0.25, 0.3) is 0 Å². The number of amides is 2. The second-order valence-corrected chi connectivity index (χ2v) is 8.69. The quantitative estimate of drug-likeness (QED) is 0.130. The Hall–Kier alpha value is -1.24. The zero-order valence-corrected chi connectivity index (χ0v) is 20.0. The maximum atomic E-state index is 12.5. The number of fused-ring (bicyclic) bond motifs is 1. The van der Waals surface area contributed by atoms with Gasteiger partial charge in [-0.3, -0.25) is 14.5 Å². The van der Waals surface area contributed by atoms with Crippen molar-refractivity contribution in [3.8, 4) is 5.40 Å². The first-order valence-electron chi connectivity index (χ1n) is 7.97. The van der Waals surface area contributed by atoms with Crippen LogP contribution < -0.4 is 40.0 Å². The summed E-state index contributed by atoms with van der Waals surface area (Å²) in [6, 6.07) is -0.781. The molecule has 1 aromatic rings. The molecular weight excluding hydrogens is 449 g/mol. The van der Waals surface area contributed by atoms with Gasteiger partial charge in [-0.1, -0.05) is 11.8 Å². The molecule has 0 radical (unpaired) electrons. The van der Waals surface area contributed by atoms with Gasteiger partial charge in [-0.2, -0.15) is 5.26 Å². The number of rotatable bonds is 8. The standard InChI is InChI=1S/C14H15N7O4S3.Na/c1-20-14(17-18-19-20)28-5-7-4-27-12-9(16-8(22)2-3-26-6-15)11(23)21(12)10(7)13(24)25;/h9,12H,2-5H2,1H3,(H,16,22)(H,24,25);/q;+1/p-1/t9-,12-;/m1./s1. The number of thioether (sulfide) groups is 3. The van der Waals surface area contributed by atoms with E-state index in [1.165, 1.54) is 33.1 Å². The van der Waals surface area contributed by atoms with Crippen molar-refractivity contribution in [3.05, 3.63) is 11.3 Å². The molecule has 29 heavy (non-hydrogen) atoms. The van der Waals surface area contributed by atoms with Crippen molar-refractivity contribution < 1.29 is 49.0 Å². The third-order valence-electron chi connectivity index (χ3n) is 4.01. The van der Waals surface area contributed by atoms with Crippen molar-refractivity contribution in [3.63, 3.8) is 0 Å². The largest absolute Gasteiger partial charge is 1.00 e. The number of hydrogen-bond donors (Lipinski definition) is 1. The van der Waals surface area contributed by atoms with Gasteiger partial charge in [0.25, 0.3) is 5.91 Å². The van der Waals surface area contributed by atoms with Crippen LogP contribution in [0.3, 0.4) is 0 Å². The monoisotopic (exact) mass is 463 g/mol. The minimum atomic E-state index is -1.43. The number of carbonyl (C=O) groups excluding carboxylic acids is 3. The molecule has 1 N–H and O–H groups in total. The van der Waals surface area contributed by atoms with Crippen LogP contribution in [0.4, 0.5) is 0 Å². The van der Waals surface area contributed by atoms with E-state index in [9.17, 15) is 19.5 Å². The Morgan fingerprint density at radius 3 is 2.86 bits per heavy atom. The summed E-state index contributed by atoms with van der Waals surface area (Å²) in [6.45, 7) is 0. The molecule has 15 heteroatoms. The number of thiocyanates is 1. The van der Waals surface area contributed by atoms with E-state index in [4.69, 9.17) is 5.26 Å².